The van der Waals surface area contributed by atoms with Crippen molar-refractivity contribution >= 4 is 5.97 Å². The second kappa shape index (κ2) is 7.04. The van der Waals surface area contributed by atoms with E-state index in [1.165, 1.54) is 14.2 Å². The molecule has 3 N–H and O–H groups in total. The number of methoxy groups -OCH3 is 2. The Hall–Kier alpha value is -2.01. The van der Waals surface area contributed by atoms with Crippen molar-refractivity contribution in [1.29, 1.82) is 0 Å². The zero-order valence-corrected chi connectivity index (χ0v) is 12.6. The van der Waals surface area contributed by atoms with E-state index < -0.39 is 48.4 Å². The summed E-state index contributed by atoms with van der Waals surface area (Å²) in [5.74, 6) is -0.649. The summed E-state index contributed by atoms with van der Waals surface area (Å²) < 4.78 is 16.0. The van der Waals surface area contributed by atoms with E-state index in [4.69, 9.17) is 9.47 Å². The number of hydrogen-bond donors (Lipinski definition) is 3. The van der Waals surface area contributed by atoms with E-state index in [9.17, 15) is 24.6 Å². The molecule has 0 amide bonds. The first-order valence-electron chi connectivity index (χ1n) is 6.81. The van der Waals surface area contributed by atoms with Crippen LogP contribution >= 0.6 is 0 Å². The topological polar surface area (TPSA) is 140 Å². The lowest BCUT2D eigenvalue weighted by atomic mass is 10.1. The molecule has 1 fully saturated rings. The van der Waals surface area contributed by atoms with Crippen LogP contribution in [0.5, 0.6) is 0 Å². The average Bonchev–Trinajstić information content (AvgIpc) is 2.85. The second-order valence-corrected chi connectivity index (χ2v) is 5.01. The zero-order valence-electron chi connectivity index (χ0n) is 12.6. The van der Waals surface area contributed by atoms with Gasteiger partial charge in [0.05, 0.1) is 20.1 Å². The van der Waals surface area contributed by atoms with E-state index in [0.29, 0.717) is 0 Å². The Morgan fingerprint density at radius 3 is 2.70 bits per heavy atom. The molecule has 0 bridgehead atoms. The Kier molecular flexibility index (Phi) is 5.31. The average molecular weight is 330 g/mol. The fourth-order valence-electron chi connectivity index (χ4n) is 2.42. The monoisotopic (exact) mass is 330 g/mol. The number of rotatable bonds is 5. The van der Waals surface area contributed by atoms with Gasteiger partial charge in [0.2, 0.25) is 0 Å². The van der Waals surface area contributed by atoms with Crippen molar-refractivity contribution in [2.75, 3.05) is 20.8 Å². The summed E-state index contributed by atoms with van der Waals surface area (Å²) in [6.07, 6.45) is -3.26. The highest BCUT2D eigenvalue weighted by atomic mass is 16.6. The third-order valence-electron chi connectivity index (χ3n) is 3.64. The van der Waals surface area contributed by atoms with Gasteiger partial charge in [-0.15, -0.1) is 0 Å². The Morgan fingerprint density at radius 2 is 2.13 bits per heavy atom. The highest BCUT2D eigenvalue weighted by molar-refractivity contribution is 5.72. The molecule has 0 aliphatic carbocycles. The molecule has 0 spiro atoms. The standard InChI is InChI=1S/C13H18N2O8/c1-21-8(17)3-6-4-15(13(20)14-11(6)19)12-10(22-2)9(18)7(5-16)23-12/h4,7,9-10,12,16,18H,3,5H2,1-2H3,(H,14,19,20)/t7-,9+,10?,12-/m1/s1. The van der Waals surface area contributed by atoms with E-state index in [1.54, 1.807) is 0 Å². The van der Waals surface area contributed by atoms with Crippen LogP contribution in [0.15, 0.2) is 15.8 Å². The molecule has 4 atom stereocenters. The minimum absolute atomic E-state index is 0.00292. The van der Waals surface area contributed by atoms with E-state index >= 15 is 0 Å². The van der Waals surface area contributed by atoms with Crippen molar-refractivity contribution in [1.82, 2.24) is 9.55 Å². The number of nitrogens with zero attached hydrogens (tertiary/aromatic N) is 1. The minimum Gasteiger partial charge on any atom is -0.469 e. The molecule has 23 heavy (non-hydrogen) atoms. The number of hydrogen-bond acceptors (Lipinski definition) is 8. The number of H-pyrrole nitrogens is 1. The summed E-state index contributed by atoms with van der Waals surface area (Å²) in [5, 5.41) is 19.2. The first-order valence-corrected chi connectivity index (χ1v) is 6.81. The van der Waals surface area contributed by atoms with Gasteiger partial charge >= 0.3 is 11.7 Å². The fourth-order valence-corrected chi connectivity index (χ4v) is 2.42. The molecule has 10 nitrogen and oxygen atoms in total. The summed E-state index contributed by atoms with van der Waals surface area (Å²) in [6, 6.07) is 0. The first-order chi connectivity index (χ1) is 10.9. The maximum atomic E-state index is 12.0. The van der Waals surface area contributed by atoms with Crippen molar-refractivity contribution in [2.24, 2.45) is 0 Å². The number of esters is 1. The molecule has 1 aliphatic rings. The van der Waals surface area contributed by atoms with Crippen LogP contribution in [0.25, 0.3) is 0 Å². The lowest BCUT2D eigenvalue weighted by molar-refractivity contribution is -0.139. The van der Waals surface area contributed by atoms with Gasteiger partial charge in [0.15, 0.2) is 6.23 Å². The van der Waals surface area contributed by atoms with Crippen LogP contribution in [-0.2, 0) is 25.4 Å². The van der Waals surface area contributed by atoms with Crippen molar-refractivity contribution in [3.05, 3.63) is 32.6 Å². The minimum atomic E-state index is -1.15. The van der Waals surface area contributed by atoms with E-state index in [2.05, 4.69) is 9.72 Å². The van der Waals surface area contributed by atoms with Crippen molar-refractivity contribution in [3.8, 4) is 0 Å². The van der Waals surface area contributed by atoms with Gasteiger partial charge in [-0.2, -0.15) is 0 Å². The number of ether oxygens (including phenoxy) is 3. The summed E-state index contributed by atoms with van der Waals surface area (Å²) in [5.41, 5.74) is -1.51. The lowest BCUT2D eigenvalue weighted by Gasteiger charge is -2.20. The van der Waals surface area contributed by atoms with E-state index in [1.807, 2.05) is 0 Å². The molecule has 1 aliphatic heterocycles. The van der Waals surface area contributed by atoms with Gasteiger partial charge in [-0.05, 0) is 0 Å². The largest absolute Gasteiger partial charge is 0.469 e. The fraction of sp³-hybridized carbons (Fsp3) is 0.615. The Morgan fingerprint density at radius 1 is 1.43 bits per heavy atom. The molecule has 10 heteroatoms. The molecule has 0 aromatic carbocycles. The van der Waals surface area contributed by atoms with Crippen LogP contribution < -0.4 is 11.2 Å². The van der Waals surface area contributed by atoms with Crippen molar-refractivity contribution in [3.63, 3.8) is 0 Å². The summed E-state index contributed by atoms with van der Waals surface area (Å²) in [4.78, 5) is 37.2. The Bertz CT molecular complexity index is 681. The van der Waals surface area contributed by atoms with Crippen LogP contribution in [0.1, 0.15) is 11.8 Å². The first kappa shape index (κ1) is 17.3. The van der Waals surface area contributed by atoms with Gasteiger partial charge in [0.1, 0.15) is 18.3 Å². The molecule has 2 rings (SSSR count). The molecule has 1 aromatic heterocycles. The number of aromatic amines is 1. The van der Waals surface area contributed by atoms with Gasteiger partial charge in [0.25, 0.3) is 5.56 Å². The lowest BCUT2D eigenvalue weighted by Crippen LogP contribution is -2.40. The van der Waals surface area contributed by atoms with Crippen LogP contribution in [0.4, 0.5) is 0 Å². The number of carbonyl (C=O) groups excluding carboxylic acids is 1. The van der Waals surface area contributed by atoms with E-state index in [0.717, 1.165) is 10.8 Å². The number of aromatic nitrogens is 2. The molecular formula is C13H18N2O8. The maximum absolute atomic E-state index is 12.0. The summed E-state index contributed by atoms with van der Waals surface area (Å²) in [6.45, 7) is -0.468. The molecule has 1 saturated heterocycles. The number of nitrogens with one attached hydrogen (secondary N) is 1. The van der Waals surface area contributed by atoms with Crippen molar-refractivity contribution < 1.29 is 29.2 Å². The molecule has 0 saturated carbocycles. The smallest absolute Gasteiger partial charge is 0.330 e. The van der Waals surface area contributed by atoms with Gasteiger partial charge in [-0.25, -0.2) is 4.79 Å². The zero-order chi connectivity index (χ0) is 17.1. The molecule has 0 radical (unpaired) electrons. The Labute approximate surface area is 130 Å². The quantitative estimate of drug-likeness (QED) is 0.504. The van der Waals surface area contributed by atoms with Gasteiger partial charge < -0.3 is 24.4 Å². The van der Waals surface area contributed by atoms with Crippen LogP contribution in [-0.4, -0.2) is 64.9 Å². The molecule has 1 aromatic rings. The SMILES string of the molecule is COC(=O)Cc1cn([C@@H]2O[C@H](CO)[C@H](O)C2OC)c(=O)[nH]c1=O. The van der Waals surface area contributed by atoms with Crippen LogP contribution in [0.2, 0.25) is 0 Å². The summed E-state index contributed by atoms with van der Waals surface area (Å²) in [7, 11) is 2.49. The Balaban J connectivity index is 2.42. The third-order valence-corrected chi connectivity index (χ3v) is 3.64. The molecule has 2 heterocycles. The number of carbonyl (C=O) groups is 1. The highest BCUT2D eigenvalue weighted by Crippen LogP contribution is 2.30. The highest BCUT2D eigenvalue weighted by Gasteiger charge is 2.45. The number of aliphatic hydroxyl groups excluding tert-OH is 2. The second-order valence-electron chi connectivity index (χ2n) is 5.01. The molecule has 128 valence electrons. The van der Waals surface area contributed by atoms with E-state index in [-0.39, 0.29) is 12.0 Å². The third kappa shape index (κ3) is 3.34. The van der Waals surface area contributed by atoms with Gasteiger partial charge in [0, 0.05) is 18.9 Å². The molecular weight excluding hydrogens is 312 g/mol. The summed E-state index contributed by atoms with van der Waals surface area (Å²) >= 11 is 0. The van der Waals surface area contributed by atoms with Gasteiger partial charge in [-0.3, -0.25) is 19.1 Å². The van der Waals surface area contributed by atoms with Gasteiger partial charge in [-0.1, -0.05) is 0 Å². The normalized spacial score (nSPS) is 27.1. The van der Waals surface area contributed by atoms with Crippen LogP contribution in [0, 0.1) is 0 Å². The number of aliphatic hydroxyl groups is 2. The van der Waals surface area contributed by atoms with Crippen LogP contribution in [0.3, 0.4) is 0 Å². The molecule has 1 unspecified atom stereocenters. The van der Waals surface area contributed by atoms with Crippen molar-refractivity contribution in [2.45, 2.75) is 31.0 Å². The predicted molar refractivity (Wildman–Crippen MR) is 74.8 cm³/mol. The maximum Gasteiger partial charge on any atom is 0.330 e. The predicted octanol–water partition coefficient (Wildman–Crippen LogP) is -2.48.